The van der Waals surface area contributed by atoms with Crippen LogP contribution >= 0.6 is 0 Å². The van der Waals surface area contributed by atoms with Gasteiger partial charge in [-0.15, -0.1) is 10.2 Å². The number of hydrogen-bond acceptors (Lipinski definition) is 5. The summed E-state index contributed by atoms with van der Waals surface area (Å²) in [5, 5.41) is 10.9. The van der Waals surface area contributed by atoms with Crippen molar-refractivity contribution >= 4 is 22.6 Å². The number of H-pyrrole nitrogens is 1. The zero-order valence-corrected chi connectivity index (χ0v) is 14.3. The van der Waals surface area contributed by atoms with Crippen molar-refractivity contribution in [2.45, 2.75) is 19.9 Å². The molecule has 0 atom stereocenters. The van der Waals surface area contributed by atoms with Crippen molar-refractivity contribution in [2.24, 2.45) is 0 Å². The first-order chi connectivity index (χ1) is 12.6. The Bertz CT molecular complexity index is 1050. The molecule has 8 nitrogen and oxygen atoms in total. The van der Waals surface area contributed by atoms with Crippen LogP contribution in [0.5, 0.6) is 0 Å². The predicted octanol–water partition coefficient (Wildman–Crippen LogP) is 3.05. The van der Waals surface area contributed by atoms with Gasteiger partial charge >= 0.3 is 0 Å². The lowest BCUT2D eigenvalue weighted by atomic mass is 10.2. The van der Waals surface area contributed by atoms with Crippen LogP contribution in [0.1, 0.15) is 30.5 Å². The Morgan fingerprint density at radius 1 is 1.23 bits per heavy atom. The molecular weight excluding hydrogens is 330 g/mol. The van der Waals surface area contributed by atoms with Gasteiger partial charge in [-0.1, -0.05) is 12.1 Å². The normalized spacial score (nSPS) is 11.2. The van der Waals surface area contributed by atoms with Gasteiger partial charge in [0.1, 0.15) is 12.0 Å². The summed E-state index contributed by atoms with van der Waals surface area (Å²) in [6, 6.07) is 11.2. The number of para-hydroxylation sites is 2. The average Bonchev–Trinajstić information content (AvgIpc) is 3.29. The summed E-state index contributed by atoms with van der Waals surface area (Å²) in [7, 11) is 0. The first kappa shape index (κ1) is 15.9. The fourth-order valence-corrected chi connectivity index (χ4v) is 2.69. The molecule has 0 saturated heterocycles. The van der Waals surface area contributed by atoms with Crippen LogP contribution in [0.15, 0.2) is 48.9 Å². The van der Waals surface area contributed by atoms with Gasteiger partial charge in [-0.25, -0.2) is 4.98 Å². The second-order valence-electron chi connectivity index (χ2n) is 6.14. The summed E-state index contributed by atoms with van der Waals surface area (Å²) >= 11 is 0. The van der Waals surface area contributed by atoms with Crippen LogP contribution in [0.3, 0.4) is 0 Å². The molecule has 1 aromatic carbocycles. The summed E-state index contributed by atoms with van der Waals surface area (Å²) in [5.41, 5.74) is 2.81. The van der Waals surface area contributed by atoms with Gasteiger partial charge in [0, 0.05) is 17.9 Å². The molecule has 0 radical (unpaired) electrons. The molecule has 0 aliphatic heterocycles. The number of nitrogens with zero attached hydrogens (tertiary/aromatic N) is 5. The first-order valence-corrected chi connectivity index (χ1v) is 8.24. The molecule has 0 spiro atoms. The maximum atomic E-state index is 12.5. The molecule has 26 heavy (non-hydrogen) atoms. The van der Waals surface area contributed by atoms with E-state index in [1.54, 1.807) is 24.7 Å². The lowest BCUT2D eigenvalue weighted by Crippen LogP contribution is -2.14. The Morgan fingerprint density at radius 3 is 2.88 bits per heavy atom. The van der Waals surface area contributed by atoms with Crippen LogP contribution in [0.25, 0.3) is 22.6 Å². The molecule has 3 heterocycles. The van der Waals surface area contributed by atoms with E-state index >= 15 is 0 Å². The highest BCUT2D eigenvalue weighted by Crippen LogP contribution is 2.21. The summed E-state index contributed by atoms with van der Waals surface area (Å²) in [6.07, 6.45) is 3.30. The van der Waals surface area contributed by atoms with Crippen molar-refractivity contribution in [3.8, 4) is 11.5 Å². The zero-order valence-electron chi connectivity index (χ0n) is 14.3. The van der Waals surface area contributed by atoms with Gasteiger partial charge in [-0.3, -0.25) is 9.78 Å². The van der Waals surface area contributed by atoms with E-state index in [0.717, 1.165) is 11.0 Å². The molecule has 0 aliphatic carbocycles. The minimum Gasteiger partial charge on any atom is -0.334 e. The highest BCUT2D eigenvalue weighted by Gasteiger charge is 2.14. The third kappa shape index (κ3) is 2.92. The van der Waals surface area contributed by atoms with Crippen LogP contribution in [-0.2, 0) is 0 Å². The number of hydrogen-bond donors (Lipinski definition) is 2. The number of rotatable bonds is 4. The van der Waals surface area contributed by atoms with Gasteiger partial charge in [0.25, 0.3) is 5.91 Å². The molecular formula is C18H17N7O. The van der Waals surface area contributed by atoms with Gasteiger partial charge in [-0.05, 0) is 38.1 Å². The van der Waals surface area contributed by atoms with Crippen LogP contribution in [0.4, 0.5) is 5.69 Å². The van der Waals surface area contributed by atoms with Gasteiger partial charge in [0.2, 0.25) is 0 Å². The molecule has 1 amide bonds. The molecule has 0 saturated carbocycles. The Labute approximate surface area is 149 Å². The van der Waals surface area contributed by atoms with Crippen molar-refractivity contribution in [1.29, 1.82) is 0 Å². The summed E-state index contributed by atoms with van der Waals surface area (Å²) in [5.74, 6) is 0.596. The quantitative estimate of drug-likeness (QED) is 0.591. The van der Waals surface area contributed by atoms with Gasteiger partial charge in [-0.2, -0.15) is 0 Å². The molecule has 3 aromatic heterocycles. The average molecular weight is 347 g/mol. The van der Waals surface area contributed by atoms with E-state index in [-0.39, 0.29) is 17.8 Å². The van der Waals surface area contributed by atoms with Crippen LogP contribution < -0.4 is 5.32 Å². The Hall–Kier alpha value is -3.55. The second-order valence-corrected chi connectivity index (χ2v) is 6.14. The molecule has 4 aromatic rings. The third-order valence-corrected chi connectivity index (χ3v) is 3.98. The van der Waals surface area contributed by atoms with Crippen LogP contribution in [0, 0.1) is 0 Å². The number of amides is 1. The maximum absolute atomic E-state index is 12.5. The third-order valence-electron chi connectivity index (χ3n) is 3.98. The minimum absolute atomic E-state index is 0.204. The van der Waals surface area contributed by atoms with Crippen molar-refractivity contribution in [1.82, 2.24) is 29.7 Å². The number of carbonyl (C=O) groups excluding carboxylic acids is 1. The number of nitrogens with one attached hydrogen (secondary N) is 2. The highest BCUT2D eigenvalue weighted by molar-refractivity contribution is 6.03. The topological polar surface area (TPSA) is 101 Å². The lowest BCUT2D eigenvalue weighted by molar-refractivity contribution is 0.101. The van der Waals surface area contributed by atoms with Crippen molar-refractivity contribution < 1.29 is 4.79 Å². The van der Waals surface area contributed by atoms with Crippen molar-refractivity contribution in [3.63, 3.8) is 0 Å². The number of aromatic nitrogens is 6. The van der Waals surface area contributed by atoms with Crippen molar-refractivity contribution in [3.05, 3.63) is 54.7 Å². The van der Waals surface area contributed by atoms with E-state index in [0.29, 0.717) is 17.2 Å². The predicted molar refractivity (Wildman–Crippen MR) is 97.7 cm³/mol. The second kappa shape index (κ2) is 6.40. The molecule has 0 bridgehead atoms. The molecule has 0 fully saturated rings. The molecule has 130 valence electrons. The number of pyridine rings is 1. The highest BCUT2D eigenvalue weighted by atomic mass is 16.2. The number of benzene rings is 1. The summed E-state index contributed by atoms with van der Waals surface area (Å²) in [4.78, 5) is 24.2. The van der Waals surface area contributed by atoms with E-state index in [2.05, 4.69) is 30.5 Å². The van der Waals surface area contributed by atoms with Crippen LogP contribution in [0.2, 0.25) is 0 Å². The molecule has 8 heteroatoms. The van der Waals surface area contributed by atoms with E-state index < -0.39 is 0 Å². The zero-order chi connectivity index (χ0) is 18.1. The molecule has 2 N–H and O–H groups in total. The van der Waals surface area contributed by atoms with Gasteiger partial charge in [0.15, 0.2) is 11.6 Å². The molecule has 4 rings (SSSR count). The fourth-order valence-electron chi connectivity index (χ4n) is 2.69. The number of imidazole rings is 1. The summed E-state index contributed by atoms with van der Waals surface area (Å²) < 4.78 is 1.92. The Balaban J connectivity index is 1.60. The fraction of sp³-hybridized carbons (Fsp3) is 0.167. The molecule has 0 unspecified atom stereocenters. The summed E-state index contributed by atoms with van der Waals surface area (Å²) in [6.45, 7) is 4.08. The number of aromatic amines is 1. The monoisotopic (exact) mass is 347 g/mol. The largest absolute Gasteiger partial charge is 0.334 e. The Kier molecular flexibility index (Phi) is 3.92. The van der Waals surface area contributed by atoms with E-state index in [9.17, 15) is 4.79 Å². The lowest BCUT2D eigenvalue weighted by Gasteiger charge is -2.10. The number of fused-ring (bicyclic) bond motifs is 1. The first-order valence-electron chi connectivity index (χ1n) is 8.24. The van der Waals surface area contributed by atoms with Crippen molar-refractivity contribution in [2.75, 3.05) is 5.32 Å². The maximum Gasteiger partial charge on any atom is 0.291 e. The smallest absolute Gasteiger partial charge is 0.291 e. The number of carbonyl (C=O) groups is 1. The minimum atomic E-state index is -0.316. The SMILES string of the molecule is CC(C)n1cnnc1-c1cc(NC(=O)c2nc3ccccc3[nH]2)ccn1. The molecule has 0 aliphatic rings. The standard InChI is InChI=1S/C18H17N7O/c1-11(2)25-10-20-24-17(25)15-9-12(7-8-19-15)21-18(26)16-22-13-5-3-4-6-14(13)23-16/h3-11H,1-2H3,(H,22,23)(H,19,21,26). The van der Waals surface area contributed by atoms with E-state index in [4.69, 9.17) is 0 Å². The Morgan fingerprint density at radius 2 is 2.08 bits per heavy atom. The van der Waals surface area contributed by atoms with Crippen LogP contribution in [-0.4, -0.2) is 35.6 Å². The van der Waals surface area contributed by atoms with Gasteiger partial charge < -0.3 is 14.9 Å². The van der Waals surface area contributed by atoms with Gasteiger partial charge in [0.05, 0.1) is 11.0 Å². The number of anilines is 1. The van der Waals surface area contributed by atoms with E-state index in [1.165, 1.54) is 0 Å². The van der Waals surface area contributed by atoms with E-state index in [1.807, 2.05) is 42.7 Å².